The van der Waals surface area contributed by atoms with E-state index in [0.29, 0.717) is 19.1 Å². The molecule has 88 valence electrons. The van der Waals surface area contributed by atoms with E-state index in [1.807, 2.05) is 0 Å². The summed E-state index contributed by atoms with van der Waals surface area (Å²) in [6, 6.07) is 0.604. The van der Waals surface area contributed by atoms with Crippen molar-refractivity contribution in [2.45, 2.75) is 31.7 Å². The fraction of sp³-hybridized carbons (Fsp3) is 1.00. The van der Waals surface area contributed by atoms with Crippen LogP contribution in [0.15, 0.2) is 0 Å². The summed E-state index contributed by atoms with van der Waals surface area (Å²) in [7, 11) is 0. The molecule has 6 heteroatoms. The average molecular weight is 253 g/mol. The average Bonchev–Trinajstić information content (AvgIpc) is 2.69. The van der Waals surface area contributed by atoms with Gasteiger partial charge in [-0.25, -0.2) is 4.67 Å². The van der Waals surface area contributed by atoms with Crippen LogP contribution in [0.4, 0.5) is 0 Å². The van der Waals surface area contributed by atoms with Gasteiger partial charge in [-0.05, 0) is 50.0 Å². The maximum Gasteiger partial charge on any atom is 0.360 e. The van der Waals surface area contributed by atoms with E-state index in [0.717, 1.165) is 12.8 Å². The Kier molecular flexibility index (Phi) is 3.74. The molecule has 0 spiro atoms. The van der Waals surface area contributed by atoms with Crippen molar-refractivity contribution in [1.29, 1.82) is 0 Å². The number of hydrogen-bond acceptors (Lipinski definition) is 2. The minimum Gasteiger partial charge on any atom is -0.322 e. The van der Waals surface area contributed by atoms with Crippen molar-refractivity contribution in [3.8, 4) is 0 Å². The Morgan fingerprint density at radius 1 is 1.13 bits per heavy atom. The number of nitrogens with zero attached hydrogens (tertiary/aromatic N) is 2. The lowest BCUT2D eigenvalue weighted by molar-refractivity contribution is 0.163. The Balaban J connectivity index is 1.84. The smallest absolute Gasteiger partial charge is 0.322 e. The number of hydrogen-bond donors (Lipinski definition) is 1. The summed E-state index contributed by atoms with van der Waals surface area (Å²) in [4.78, 5) is 11.7. The largest absolute Gasteiger partial charge is 0.360 e. The summed E-state index contributed by atoms with van der Waals surface area (Å²) in [5.74, 6) is 0. The topological polar surface area (TPSA) is 43.8 Å². The second kappa shape index (κ2) is 4.72. The van der Waals surface area contributed by atoms with Crippen LogP contribution < -0.4 is 0 Å². The first kappa shape index (κ1) is 11.9. The molecular weight excluding hydrogens is 235 g/mol. The normalized spacial score (nSPS) is 30.5. The van der Waals surface area contributed by atoms with Gasteiger partial charge >= 0.3 is 6.87 Å². The van der Waals surface area contributed by atoms with Crippen molar-refractivity contribution in [3.63, 3.8) is 0 Å². The summed E-state index contributed by atoms with van der Waals surface area (Å²) in [5, 5.41) is 0. The number of likely N-dealkylation sites (tertiary alicyclic amines) is 1. The van der Waals surface area contributed by atoms with Gasteiger partial charge in [0.1, 0.15) is 0 Å². The predicted molar refractivity (Wildman–Crippen MR) is 61.1 cm³/mol. The van der Waals surface area contributed by atoms with Gasteiger partial charge in [0, 0.05) is 19.1 Å². The van der Waals surface area contributed by atoms with Crippen LogP contribution in [-0.4, -0.2) is 46.7 Å². The van der Waals surface area contributed by atoms with Crippen molar-refractivity contribution < 1.29 is 9.46 Å². The Labute approximate surface area is 95.5 Å². The number of halogens is 1. The molecule has 0 amide bonds. The molecule has 2 heterocycles. The van der Waals surface area contributed by atoms with E-state index < -0.39 is 6.87 Å². The quantitative estimate of drug-likeness (QED) is 0.763. The third-order valence-electron chi connectivity index (χ3n) is 3.45. The minimum atomic E-state index is -3.51. The predicted octanol–water partition coefficient (Wildman–Crippen LogP) is 1.89. The molecule has 0 aromatic rings. The standard InChI is InChI=1S/C9H18ClN2O2P/c10-15(13,14)12-7-3-9(4-8-12)11-5-1-2-6-11/h9H,1-8H2,(H,13,14). The second-order valence-electron chi connectivity index (χ2n) is 4.40. The van der Waals surface area contributed by atoms with E-state index in [1.165, 1.54) is 30.6 Å². The lowest BCUT2D eigenvalue weighted by Gasteiger charge is -2.36. The zero-order valence-electron chi connectivity index (χ0n) is 8.81. The molecule has 2 fully saturated rings. The monoisotopic (exact) mass is 252 g/mol. The highest BCUT2D eigenvalue weighted by Gasteiger charge is 2.32. The van der Waals surface area contributed by atoms with Crippen molar-refractivity contribution in [1.82, 2.24) is 9.57 Å². The van der Waals surface area contributed by atoms with Gasteiger partial charge in [-0.15, -0.1) is 0 Å². The van der Waals surface area contributed by atoms with Crippen LogP contribution in [0.1, 0.15) is 25.7 Å². The highest BCUT2D eigenvalue weighted by atomic mass is 35.7. The molecule has 0 bridgehead atoms. The molecule has 1 N–H and O–H groups in total. The minimum absolute atomic E-state index is 0.604. The van der Waals surface area contributed by atoms with Gasteiger partial charge in [-0.1, -0.05) is 0 Å². The van der Waals surface area contributed by atoms with Crippen LogP contribution in [0.5, 0.6) is 0 Å². The van der Waals surface area contributed by atoms with E-state index in [1.54, 1.807) is 0 Å². The SMILES string of the molecule is O=P(O)(Cl)N1CCC(N2CCCC2)CC1. The summed E-state index contributed by atoms with van der Waals surface area (Å²) in [5.41, 5.74) is 0. The summed E-state index contributed by atoms with van der Waals surface area (Å²) in [6.07, 6.45) is 4.54. The van der Waals surface area contributed by atoms with E-state index in [9.17, 15) is 9.46 Å². The molecule has 0 aromatic heterocycles. The molecule has 2 saturated heterocycles. The maximum absolute atomic E-state index is 11.2. The molecule has 0 radical (unpaired) electrons. The van der Waals surface area contributed by atoms with E-state index in [4.69, 9.17) is 11.2 Å². The van der Waals surface area contributed by atoms with Crippen molar-refractivity contribution in [2.75, 3.05) is 26.2 Å². The first-order valence-corrected chi connectivity index (χ1v) is 8.11. The second-order valence-corrected chi connectivity index (χ2v) is 7.23. The number of piperidine rings is 1. The maximum atomic E-state index is 11.2. The Bertz CT molecular complexity index is 257. The first-order valence-electron chi connectivity index (χ1n) is 5.59. The van der Waals surface area contributed by atoms with Crippen LogP contribution in [-0.2, 0) is 4.57 Å². The van der Waals surface area contributed by atoms with Gasteiger partial charge in [-0.3, -0.25) is 4.57 Å². The fourth-order valence-corrected chi connectivity index (χ4v) is 3.75. The zero-order chi connectivity index (χ0) is 10.9. The van der Waals surface area contributed by atoms with Crippen molar-refractivity contribution in [2.24, 2.45) is 0 Å². The van der Waals surface area contributed by atoms with Gasteiger partial charge in [0.05, 0.1) is 0 Å². The van der Waals surface area contributed by atoms with Crippen LogP contribution in [0.2, 0.25) is 0 Å². The molecule has 2 aliphatic rings. The van der Waals surface area contributed by atoms with E-state index >= 15 is 0 Å². The van der Waals surface area contributed by atoms with Crippen molar-refractivity contribution in [3.05, 3.63) is 0 Å². The van der Waals surface area contributed by atoms with Crippen LogP contribution >= 0.6 is 18.1 Å². The van der Waals surface area contributed by atoms with Crippen LogP contribution in [0.3, 0.4) is 0 Å². The molecule has 2 aliphatic heterocycles. The van der Waals surface area contributed by atoms with Crippen LogP contribution in [0.25, 0.3) is 0 Å². The van der Waals surface area contributed by atoms with Crippen LogP contribution in [0, 0.1) is 0 Å². The first-order chi connectivity index (χ1) is 7.07. The van der Waals surface area contributed by atoms with Crippen molar-refractivity contribution >= 4 is 18.1 Å². The molecule has 15 heavy (non-hydrogen) atoms. The molecular formula is C9H18ClN2O2P. The Morgan fingerprint density at radius 2 is 1.67 bits per heavy atom. The molecule has 0 saturated carbocycles. The molecule has 0 aliphatic carbocycles. The van der Waals surface area contributed by atoms with Gasteiger partial charge in [0.15, 0.2) is 0 Å². The molecule has 4 nitrogen and oxygen atoms in total. The lowest BCUT2D eigenvalue weighted by atomic mass is 10.1. The fourth-order valence-electron chi connectivity index (χ4n) is 2.57. The van der Waals surface area contributed by atoms with Gasteiger partial charge in [0.2, 0.25) is 0 Å². The summed E-state index contributed by atoms with van der Waals surface area (Å²) < 4.78 is 12.7. The Hall–Kier alpha value is 0.400. The highest BCUT2D eigenvalue weighted by Crippen LogP contribution is 2.51. The third kappa shape index (κ3) is 2.95. The summed E-state index contributed by atoms with van der Waals surface area (Å²) in [6.45, 7) is 0.184. The van der Waals surface area contributed by atoms with E-state index in [2.05, 4.69) is 4.90 Å². The molecule has 2 rings (SSSR count). The van der Waals surface area contributed by atoms with Gasteiger partial charge in [-0.2, -0.15) is 0 Å². The molecule has 0 aromatic carbocycles. The lowest BCUT2D eigenvalue weighted by Crippen LogP contribution is -2.42. The Morgan fingerprint density at radius 3 is 2.13 bits per heavy atom. The summed E-state index contributed by atoms with van der Waals surface area (Å²) >= 11 is 5.44. The zero-order valence-corrected chi connectivity index (χ0v) is 10.5. The molecule has 1 atom stereocenters. The van der Waals surface area contributed by atoms with E-state index in [-0.39, 0.29) is 0 Å². The highest BCUT2D eigenvalue weighted by molar-refractivity contribution is 7.82. The number of rotatable bonds is 2. The molecule has 1 unspecified atom stereocenters. The third-order valence-corrected chi connectivity index (χ3v) is 5.19. The van der Waals surface area contributed by atoms with Gasteiger partial charge < -0.3 is 9.79 Å². The van der Waals surface area contributed by atoms with Gasteiger partial charge in [0.25, 0.3) is 0 Å².